The zero-order valence-corrected chi connectivity index (χ0v) is 6.78. The van der Waals surface area contributed by atoms with E-state index < -0.39 is 0 Å². The molecule has 1 aromatic rings. The summed E-state index contributed by atoms with van der Waals surface area (Å²) in [5.74, 6) is -0.273. The van der Waals surface area contributed by atoms with Gasteiger partial charge < -0.3 is 9.30 Å². The van der Waals surface area contributed by atoms with Crippen molar-refractivity contribution in [1.29, 1.82) is 0 Å². The third-order valence-corrected chi connectivity index (χ3v) is 1.99. The van der Waals surface area contributed by atoms with Gasteiger partial charge in [0.05, 0.1) is 7.11 Å². The summed E-state index contributed by atoms with van der Waals surface area (Å²) >= 11 is 0. The van der Waals surface area contributed by atoms with Crippen LogP contribution < -0.4 is 0 Å². The number of carbonyl (C=O) groups excluding carboxylic acids is 1. The van der Waals surface area contributed by atoms with Gasteiger partial charge in [0.25, 0.3) is 0 Å². The third kappa shape index (κ3) is 0.863. The van der Waals surface area contributed by atoms with E-state index >= 15 is 0 Å². The molecule has 1 aliphatic heterocycles. The molecule has 2 rings (SSSR count). The summed E-state index contributed by atoms with van der Waals surface area (Å²) in [7, 11) is 1.39. The Balaban J connectivity index is 2.38. The average Bonchev–Trinajstić information content (AvgIpc) is 2.62. The molecule has 0 saturated carbocycles. The summed E-state index contributed by atoms with van der Waals surface area (Å²) in [5.41, 5.74) is 1.76. The van der Waals surface area contributed by atoms with Crippen LogP contribution in [0.3, 0.4) is 0 Å². The minimum Gasteiger partial charge on any atom is -0.464 e. The van der Waals surface area contributed by atoms with E-state index in [4.69, 9.17) is 0 Å². The van der Waals surface area contributed by atoms with Gasteiger partial charge >= 0.3 is 5.97 Å². The zero-order chi connectivity index (χ0) is 8.55. The maximum atomic E-state index is 11.2. The van der Waals surface area contributed by atoms with Crippen molar-refractivity contribution in [3.05, 3.63) is 30.1 Å². The van der Waals surface area contributed by atoms with Crippen LogP contribution >= 0.6 is 0 Å². The molecule has 0 saturated heterocycles. The first-order chi connectivity index (χ1) is 5.83. The van der Waals surface area contributed by atoms with Crippen molar-refractivity contribution in [2.24, 2.45) is 0 Å². The van der Waals surface area contributed by atoms with Gasteiger partial charge in [0.1, 0.15) is 5.70 Å². The van der Waals surface area contributed by atoms with Gasteiger partial charge in [-0.05, 0) is 18.2 Å². The van der Waals surface area contributed by atoms with Crippen LogP contribution in [0.25, 0.3) is 5.70 Å². The van der Waals surface area contributed by atoms with E-state index in [1.807, 2.05) is 29.0 Å². The molecule has 1 aromatic heterocycles. The first-order valence-electron chi connectivity index (χ1n) is 3.78. The molecule has 0 amide bonds. The highest BCUT2D eigenvalue weighted by molar-refractivity contribution is 6.10. The highest BCUT2D eigenvalue weighted by Gasteiger charge is 2.18. The summed E-state index contributed by atoms with van der Waals surface area (Å²) in [6.07, 6.45) is 4.56. The number of allylic oxidation sites excluding steroid dienone is 1. The summed E-state index contributed by atoms with van der Waals surface area (Å²) in [6.45, 7) is 0. The highest BCUT2D eigenvalue weighted by Crippen LogP contribution is 2.20. The van der Waals surface area contributed by atoms with Crippen molar-refractivity contribution in [3.8, 4) is 0 Å². The van der Waals surface area contributed by atoms with E-state index in [-0.39, 0.29) is 5.97 Å². The van der Waals surface area contributed by atoms with Crippen molar-refractivity contribution < 1.29 is 9.53 Å². The Morgan fingerprint density at radius 3 is 3.25 bits per heavy atom. The Labute approximate surface area is 70.3 Å². The van der Waals surface area contributed by atoms with Crippen LogP contribution in [0.1, 0.15) is 5.69 Å². The zero-order valence-electron chi connectivity index (χ0n) is 6.78. The standard InChI is InChI=1S/C9H9NO2/c1-12-9(11)8-5-4-7-3-2-6-10(7)8/h2-3,5-6H,4H2,1H3. The highest BCUT2D eigenvalue weighted by atomic mass is 16.5. The molecule has 0 fully saturated rings. The molecule has 62 valence electrons. The molecule has 0 aliphatic carbocycles. The maximum absolute atomic E-state index is 11.2. The van der Waals surface area contributed by atoms with Gasteiger partial charge in [0.15, 0.2) is 0 Å². The molecule has 12 heavy (non-hydrogen) atoms. The number of hydrogen-bond acceptors (Lipinski definition) is 2. The number of ether oxygens (including phenoxy) is 1. The Morgan fingerprint density at radius 2 is 2.50 bits per heavy atom. The predicted molar refractivity (Wildman–Crippen MR) is 44.4 cm³/mol. The molecule has 0 N–H and O–H groups in total. The van der Waals surface area contributed by atoms with Gasteiger partial charge in [-0.2, -0.15) is 0 Å². The number of rotatable bonds is 1. The molecular formula is C9H9NO2. The lowest BCUT2D eigenvalue weighted by molar-refractivity contribution is -0.134. The Bertz CT molecular complexity index is 349. The molecule has 0 radical (unpaired) electrons. The van der Waals surface area contributed by atoms with Gasteiger partial charge in [-0.25, -0.2) is 4.79 Å². The van der Waals surface area contributed by atoms with Crippen molar-refractivity contribution in [2.45, 2.75) is 6.42 Å². The van der Waals surface area contributed by atoms with E-state index in [2.05, 4.69) is 4.74 Å². The number of methoxy groups -OCH3 is 1. The predicted octanol–water partition coefficient (Wildman–Crippen LogP) is 1.06. The first-order valence-corrected chi connectivity index (χ1v) is 3.78. The summed E-state index contributed by atoms with van der Waals surface area (Å²) in [5, 5.41) is 0. The number of fused-ring (bicyclic) bond motifs is 1. The Morgan fingerprint density at radius 1 is 1.67 bits per heavy atom. The van der Waals surface area contributed by atoms with Crippen LogP contribution in [-0.2, 0) is 16.0 Å². The SMILES string of the molecule is COC(=O)C1=CCc2cccn21. The second kappa shape index (κ2) is 2.52. The number of aromatic nitrogens is 1. The fourth-order valence-corrected chi connectivity index (χ4v) is 1.40. The Kier molecular flexibility index (Phi) is 1.50. The number of carbonyl (C=O) groups is 1. The lowest BCUT2D eigenvalue weighted by Gasteiger charge is -2.02. The summed E-state index contributed by atoms with van der Waals surface area (Å²) < 4.78 is 6.49. The van der Waals surface area contributed by atoms with Crippen LogP contribution in [-0.4, -0.2) is 17.6 Å². The van der Waals surface area contributed by atoms with Crippen molar-refractivity contribution in [2.75, 3.05) is 7.11 Å². The van der Waals surface area contributed by atoms with Crippen molar-refractivity contribution in [1.82, 2.24) is 4.57 Å². The van der Waals surface area contributed by atoms with Gasteiger partial charge in [-0.3, -0.25) is 0 Å². The molecule has 0 spiro atoms. The largest absolute Gasteiger partial charge is 0.464 e. The molecule has 0 unspecified atom stereocenters. The second-order valence-corrected chi connectivity index (χ2v) is 2.65. The number of hydrogen-bond donors (Lipinski definition) is 0. The first kappa shape index (κ1) is 7.16. The molecular weight excluding hydrogens is 154 g/mol. The number of esters is 1. The summed E-state index contributed by atoms with van der Waals surface area (Å²) in [6, 6.07) is 3.91. The third-order valence-electron chi connectivity index (χ3n) is 1.99. The minimum absolute atomic E-state index is 0.273. The second-order valence-electron chi connectivity index (χ2n) is 2.65. The van der Waals surface area contributed by atoms with E-state index in [1.165, 1.54) is 7.11 Å². The molecule has 0 atom stereocenters. The van der Waals surface area contributed by atoms with Crippen LogP contribution in [0.5, 0.6) is 0 Å². The lowest BCUT2D eigenvalue weighted by Crippen LogP contribution is -2.07. The smallest absolute Gasteiger partial charge is 0.354 e. The quantitative estimate of drug-likeness (QED) is 0.579. The molecule has 2 heterocycles. The topological polar surface area (TPSA) is 31.2 Å². The van der Waals surface area contributed by atoms with E-state index in [0.29, 0.717) is 5.70 Å². The maximum Gasteiger partial charge on any atom is 0.354 e. The van der Waals surface area contributed by atoms with Crippen LogP contribution in [0.4, 0.5) is 0 Å². The van der Waals surface area contributed by atoms with Gasteiger partial charge in [-0.1, -0.05) is 0 Å². The van der Waals surface area contributed by atoms with Crippen LogP contribution in [0.2, 0.25) is 0 Å². The van der Waals surface area contributed by atoms with Crippen LogP contribution in [0, 0.1) is 0 Å². The Hall–Kier alpha value is -1.51. The molecule has 0 aromatic carbocycles. The van der Waals surface area contributed by atoms with Gasteiger partial charge in [0, 0.05) is 18.3 Å². The van der Waals surface area contributed by atoms with Crippen molar-refractivity contribution in [3.63, 3.8) is 0 Å². The normalized spacial score (nSPS) is 13.9. The minimum atomic E-state index is -0.273. The number of nitrogens with zero attached hydrogens (tertiary/aromatic N) is 1. The lowest BCUT2D eigenvalue weighted by atomic mass is 10.3. The van der Waals surface area contributed by atoms with Gasteiger partial charge in [-0.15, -0.1) is 0 Å². The van der Waals surface area contributed by atoms with Crippen molar-refractivity contribution >= 4 is 11.7 Å². The summed E-state index contributed by atoms with van der Waals surface area (Å²) in [4.78, 5) is 11.2. The van der Waals surface area contributed by atoms with Crippen LogP contribution in [0.15, 0.2) is 24.4 Å². The van der Waals surface area contributed by atoms with E-state index in [9.17, 15) is 4.79 Å². The molecule has 0 bridgehead atoms. The van der Waals surface area contributed by atoms with E-state index in [0.717, 1.165) is 12.1 Å². The average molecular weight is 163 g/mol. The monoisotopic (exact) mass is 163 g/mol. The van der Waals surface area contributed by atoms with Gasteiger partial charge in [0.2, 0.25) is 0 Å². The molecule has 1 aliphatic rings. The van der Waals surface area contributed by atoms with E-state index in [1.54, 1.807) is 0 Å². The fourth-order valence-electron chi connectivity index (χ4n) is 1.40. The molecule has 3 nitrogen and oxygen atoms in total. The fraction of sp³-hybridized carbons (Fsp3) is 0.222. The molecule has 3 heteroatoms.